The van der Waals surface area contributed by atoms with Crippen LogP contribution in [0.1, 0.15) is 41.7 Å². The van der Waals surface area contributed by atoms with Crippen molar-refractivity contribution in [1.29, 1.82) is 5.41 Å². The minimum atomic E-state index is 0. The number of nitrogens with one attached hydrogen (secondary N) is 3. The summed E-state index contributed by atoms with van der Waals surface area (Å²) in [5, 5.41) is 17.5. The van der Waals surface area contributed by atoms with Crippen molar-refractivity contribution < 1.29 is 42.7 Å². The molecule has 0 bridgehead atoms. The van der Waals surface area contributed by atoms with E-state index in [0.29, 0.717) is 29.3 Å². The molecule has 0 spiro atoms. The first kappa shape index (κ1) is 28.8. The van der Waals surface area contributed by atoms with E-state index in [-0.39, 0.29) is 32.7 Å². The Balaban J connectivity index is 0.000000305. The molecule has 4 rings (SSSR count). The summed E-state index contributed by atoms with van der Waals surface area (Å²) >= 11 is 0. The summed E-state index contributed by atoms with van der Waals surface area (Å²) in [6, 6.07) is 16.8. The molecule has 1 aliphatic rings. The number of fused-ring (bicyclic) bond motifs is 1. The van der Waals surface area contributed by atoms with Gasteiger partial charge in [0, 0.05) is 68.2 Å². The van der Waals surface area contributed by atoms with Crippen LogP contribution in [0.2, 0.25) is 0 Å². The molecule has 1 heterocycles. The monoisotopic (exact) mass is 549 g/mol. The minimum Gasteiger partial charge on any atom is -0.698 e. The van der Waals surface area contributed by atoms with Gasteiger partial charge in [-0.05, 0) is 56.3 Å². The molecular formula is C27H34N5O2Y-. The number of nitrogens with two attached hydrogens (primary N) is 1. The van der Waals surface area contributed by atoms with Crippen molar-refractivity contribution in [1.82, 2.24) is 4.90 Å². The maximum absolute atomic E-state index is 9.04. The van der Waals surface area contributed by atoms with Gasteiger partial charge < -0.3 is 16.2 Å². The Morgan fingerprint density at radius 2 is 1.80 bits per heavy atom. The normalized spacial score (nSPS) is 12.7. The van der Waals surface area contributed by atoms with Gasteiger partial charge in [0.25, 0.3) is 0 Å². The molecule has 3 aromatic rings. The molecule has 183 valence electrons. The largest absolute Gasteiger partial charge is 0.698 e. The van der Waals surface area contributed by atoms with Crippen LogP contribution >= 0.6 is 0 Å². The number of nitrogens with zero attached hydrogens (tertiary/aromatic N) is 1. The quantitative estimate of drug-likeness (QED) is 0.182. The van der Waals surface area contributed by atoms with Gasteiger partial charge in [0.1, 0.15) is 12.4 Å². The fourth-order valence-corrected chi connectivity index (χ4v) is 3.92. The zero-order chi connectivity index (χ0) is 24.7. The molecule has 0 unspecified atom stereocenters. The van der Waals surface area contributed by atoms with E-state index in [9.17, 15) is 0 Å². The van der Waals surface area contributed by atoms with Crippen molar-refractivity contribution in [2.75, 3.05) is 31.4 Å². The van der Waals surface area contributed by atoms with Crippen LogP contribution in [0.3, 0.4) is 0 Å². The number of aryl methyl sites for hydroxylation is 2. The maximum atomic E-state index is 9.04. The summed E-state index contributed by atoms with van der Waals surface area (Å²) in [5.41, 5.74) is 22.6. The van der Waals surface area contributed by atoms with Crippen LogP contribution in [0.15, 0.2) is 54.6 Å². The second-order valence-corrected chi connectivity index (χ2v) is 8.36. The van der Waals surface area contributed by atoms with Gasteiger partial charge >= 0.3 is 0 Å². The minimum absolute atomic E-state index is 0. The van der Waals surface area contributed by atoms with Crippen LogP contribution in [0.4, 0.5) is 17.1 Å². The third kappa shape index (κ3) is 7.27. The van der Waals surface area contributed by atoms with E-state index in [1.54, 1.807) is 18.2 Å². The molecule has 0 saturated carbocycles. The third-order valence-electron chi connectivity index (χ3n) is 5.97. The molecule has 6 N–H and O–H groups in total. The Hall–Kier alpha value is -2.45. The van der Waals surface area contributed by atoms with E-state index >= 15 is 0 Å². The number of likely N-dealkylation sites (N-methyl/N-ethyl adjacent to an activating group) is 1. The van der Waals surface area contributed by atoms with Crippen molar-refractivity contribution in [3.05, 3.63) is 88.1 Å². The predicted octanol–water partition coefficient (Wildman–Crippen LogP) is 5.80. The van der Waals surface area contributed by atoms with E-state index in [1.165, 1.54) is 0 Å². The van der Waals surface area contributed by atoms with Crippen LogP contribution in [-0.4, -0.2) is 36.0 Å². The molecule has 0 aromatic heterocycles. The number of rotatable bonds is 5. The fraction of sp³-hybridized carbons (Fsp3) is 0.296. The molecule has 0 aliphatic carbocycles. The predicted molar refractivity (Wildman–Crippen MR) is 140 cm³/mol. The Labute approximate surface area is 233 Å². The number of anilines is 2. The van der Waals surface area contributed by atoms with Gasteiger partial charge in [-0.25, -0.2) is 0 Å². The molecule has 0 atom stereocenters. The van der Waals surface area contributed by atoms with Crippen LogP contribution in [0.5, 0.6) is 5.75 Å². The second-order valence-electron chi connectivity index (χ2n) is 8.36. The summed E-state index contributed by atoms with van der Waals surface area (Å²) in [7, 11) is 2.05. The van der Waals surface area contributed by atoms with Gasteiger partial charge in [-0.15, -0.1) is 5.69 Å². The SMILES string of the molecule is CCc1cccc(CC)c1[NH-].CN1CCOc2ccc(C(=N)c3cc(NO)ccc3N)cc2C1.[Y]. The van der Waals surface area contributed by atoms with Gasteiger partial charge in [0.05, 0.1) is 11.4 Å². The molecule has 8 heteroatoms. The number of nitrogen functional groups attached to an aromatic ring is 1. The average Bonchev–Trinajstić information content (AvgIpc) is 3.04. The molecule has 0 amide bonds. The molecule has 0 saturated heterocycles. The van der Waals surface area contributed by atoms with E-state index in [1.807, 2.05) is 43.4 Å². The molecule has 35 heavy (non-hydrogen) atoms. The molecule has 3 aromatic carbocycles. The summed E-state index contributed by atoms with van der Waals surface area (Å²) in [6.45, 7) is 6.50. The van der Waals surface area contributed by atoms with Crippen LogP contribution in [-0.2, 0) is 52.1 Å². The second kappa shape index (κ2) is 13.6. The summed E-state index contributed by atoms with van der Waals surface area (Å²) in [6.07, 6.45) is 1.93. The van der Waals surface area contributed by atoms with Crippen molar-refractivity contribution in [2.45, 2.75) is 33.2 Å². The Morgan fingerprint density at radius 3 is 2.43 bits per heavy atom. The number of hydrogen-bond donors (Lipinski definition) is 4. The van der Waals surface area contributed by atoms with Gasteiger partial charge in [-0.2, -0.15) is 0 Å². The zero-order valence-corrected chi connectivity index (χ0v) is 23.5. The Kier molecular flexibility index (Phi) is 11.2. The van der Waals surface area contributed by atoms with Gasteiger partial charge in [-0.1, -0.05) is 43.2 Å². The summed E-state index contributed by atoms with van der Waals surface area (Å²) in [5.74, 6) is 0.865. The van der Waals surface area contributed by atoms with Crippen molar-refractivity contribution in [2.24, 2.45) is 0 Å². The van der Waals surface area contributed by atoms with Gasteiger partial charge in [0.2, 0.25) is 0 Å². The fourth-order valence-electron chi connectivity index (χ4n) is 3.92. The standard InChI is InChI=1S/C17H20N4O2.C10H14N.Y/c1-21-6-7-23-16-5-2-11(8-12(16)10-21)17(19)14-9-13(20-22)3-4-15(14)18;1-3-8-6-5-7-9(4-2)10(8)11;/h2-5,8-9,19-20,22H,6-7,10,18H2,1H3;5-7,11H,3-4H2,1-2H3;/q;-1;. The van der Waals surface area contributed by atoms with E-state index in [0.717, 1.165) is 59.6 Å². The van der Waals surface area contributed by atoms with Crippen molar-refractivity contribution in [3.63, 3.8) is 0 Å². The first-order valence-corrected chi connectivity index (χ1v) is 11.5. The summed E-state index contributed by atoms with van der Waals surface area (Å²) in [4.78, 5) is 2.18. The average molecular weight is 550 g/mol. The maximum Gasteiger partial charge on any atom is 0.123 e. The molecule has 1 aliphatic heterocycles. The van der Waals surface area contributed by atoms with E-state index < -0.39 is 0 Å². The topological polar surface area (TPSA) is 118 Å². The smallest absolute Gasteiger partial charge is 0.123 e. The van der Waals surface area contributed by atoms with Crippen molar-refractivity contribution >= 4 is 22.8 Å². The number of ether oxygens (including phenoxy) is 1. The first-order valence-electron chi connectivity index (χ1n) is 11.5. The van der Waals surface area contributed by atoms with Gasteiger partial charge in [0.15, 0.2) is 0 Å². The number of benzene rings is 3. The molecule has 1 radical (unpaired) electrons. The van der Waals surface area contributed by atoms with E-state index in [2.05, 4.69) is 24.2 Å². The first-order chi connectivity index (χ1) is 16.4. The van der Waals surface area contributed by atoms with E-state index in [4.69, 9.17) is 26.8 Å². The third-order valence-corrected chi connectivity index (χ3v) is 5.97. The molecule has 0 fully saturated rings. The Bertz CT molecular complexity index is 1130. The van der Waals surface area contributed by atoms with Crippen LogP contribution in [0, 0.1) is 5.41 Å². The number of hydrogen-bond acceptors (Lipinski definition) is 6. The molecular weight excluding hydrogens is 515 g/mol. The van der Waals surface area contributed by atoms with Crippen molar-refractivity contribution in [3.8, 4) is 5.75 Å². The van der Waals surface area contributed by atoms with Gasteiger partial charge in [-0.3, -0.25) is 21.0 Å². The Morgan fingerprint density at radius 1 is 1.11 bits per heavy atom. The van der Waals surface area contributed by atoms with Crippen LogP contribution < -0.4 is 16.0 Å². The van der Waals surface area contributed by atoms with Crippen LogP contribution in [0.25, 0.3) is 5.73 Å². The zero-order valence-electron chi connectivity index (χ0n) is 20.7. The summed E-state index contributed by atoms with van der Waals surface area (Å²) < 4.78 is 5.74. The molecule has 7 nitrogen and oxygen atoms in total.